The average Bonchev–Trinajstić information content (AvgIpc) is 2.84. The minimum Gasteiger partial charge on any atom is -0.308 e. The number of hydrogen-bond acceptors (Lipinski definition) is 6. The molecule has 1 amide bonds. The largest absolute Gasteiger partial charge is 0.308 e. The third-order valence-corrected chi connectivity index (χ3v) is 3.88. The predicted octanol–water partition coefficient (Wildman–Crippen LogP) is 2.79. The van der Waals surface area contributed by atoms with Gasteiger partial charge >= 0.3 is 0 Å². The normalized spacial score (nSPS) is 10.3. The highest BCUT2D eigenvalue weighted by atomic mass is 79.9. The number of anilines is 2. The fourth-order valence-corrected chi connectivity index (χ4v) is 2.76. The zero-order chi connectivity index (χ0) is 14.5. The predicted molar refractivity (Wildman–Crippen MR) is 83.8 cm³/mol. The Morgan fingerprint density at radius 1 is 1.50 bits per heavy atom. The SMILES string of the molecule is CCCc1cc(C(=O)Nc2ncc(Br)s2)cc(NN)n1. The van der Waals surface area contributed by atoms with E-state index in [0.717, 1.165) is 22.3 Å². The molecular formula is C12H14BrN5OS. The number of carbonyl (C=O) groups is 1. The monoisotopic (exact) mass is 355 g/mol. The maximum atomic E-state index is 12.2. The molecule has 4 N–H and O–H groups in total. The van der Waals surface area contributed by atoms with Crippen molar-refractivity contribution in [1.29, 1.82) is 0 Å². The van der Waals surface area contributed by atoms with Crippen LogP contribution in [0, 0.1) is 0 Å². The number of nitrogens with one attached hydrogen (secondary N) is 2. The van der Waals surface area contributed by atoms with Gasteiger partial charge in [0.15, 0.2) is 5.13 Å². The molecule has 0 spiro atoms. The van der Waals surface area contributed by atoms with E-state index < -0.39 is 0 Å². The van der Waals surface area contributed by atoms with Crippen LogP contribution >= 0.6 is 27.3 Å². The number of hydrazine groups is 1. The Kier molecular flexibility index (Phi) is 5.05. The molecule has 6 nitrogen and oxygen atoms in total. The third-order valence-electron chi connectivity index (χ3n) is 2.49. The van der Waals surface area contributed by atoms with Crippen LogP contribution in [0.15, 0.2) is 22.1 Å². The van der Waals surface area contributed by atoms with E-state index in [4.69, 9.17) is 5.84 Å². The molecule has 106 valence electrons. The van der Waals surface area contributed by atoms with E-state index in [9.17, 15) is 4.79 Å². The van der Waals surface area contributed by atoms with Gasteiger partial charge in [-0.1, -0.05) is 24.7 Å². The molecule has 0 atom stereocenters. The Labute approximate surface area is 128 Å². The minimum absolute atomic E-state index is 0.233. The molecule has 2 aromatic heterocycles. The molecule has 2 aromatic rings. The fourth-order valence-electron chi connectivity index (χ4n) is 1.66. The molecule has 0 unspecified atom stereocenters. The molecule has 0 aliphatic heterocycles. The number of halogens is 1. The van der Waals surface area contributed by atoms with Crippen molar-refractivity contribution < 1.29 is 4.79 Å². The van der Waals surface area contributed by atoms with E-state index in [0.29, 0.717) is 16.5 Å². The van der Waals surface area contributed by atoms with Gasteiger partial charge in [0.2, 0.25) is 0 Å². The second-order valence-electron chi connectivity index (χ2n) is 4.05. The van der Waals surface area contributed by atoms with E-state index in [-0.39, 0.29) is 5.91 Å². The van der Waals surface area contributed by atoms with Crippen LogP contribution in [0.25, 0.3) is 0 Å². The van der Waals surface area contributed by atoms with Gasteiger partial charge in [-0.25, -0.2) is 15.8 Å². The summed E-state index contributed by atoms with van der Waals surface area (Å²) in [6, 6.07) is 3.37. The first kappa shape index (κ1) is 14.9. The van der Waals surface area contributed by atoms with Gasteiger partial charge in [-0.15, -0.1) is 0 Å². The Hall–Kier alpha value is -1.51. The molecule has 0 saturated carbocycles. The zero-order valence-corrected chi connectivity index (χ0v) is 13.2. The first-order valence-corrected chi connectivity index (χ1v) is 7.63. The average molecular weight is 356 g/mol. The van der Waals surface area contributed by atoms with Gasteiger partial charge in [-0.3, -0.25) is 10.1 Å². The highest BCUT2D eigenvalue weighted by Gasteiger charge is 2.11. The number of rotatable bonds is 5. The molecule has 20 heavy (non-hydrogen) atoms. The Morgan fingerprint density at radius 2 is 2.30 bits per heavy atom. The fraction of sp³-hybridized carbons (Fsp3) is 0.250. The van der Waals surface area contributed by atoms with Crippen LogP contribution in [-0.4, -0.2) is 15.9 Å². The molecule has 8 heteroatoms. The van der Waals surface area contributed by atoms with Gasteiger partial charge in [0.1, 0.15) is 5.82 Å². The Bertz CT molecular complexity index is 616. The van der Waals surface area contributed by atoms with Gasteiger partial charge in [-0.05, 0) is 34.5 Å². The number of aromatic nitrogens is 2. The number of aryl methyl sites for hydroxylation is 1. The maximum Gasteiger partial charge on any atom is 0.257 e. The lowest BCUT2D eigenvalue weighted by Gasteiger charge is -2.07. The van der Waals surface area contributed by atoms with Crippen LogP contribution in [-0.2, 0) is 6.42 Å². The van der Waals surface area contributed by atoms with E-state index in [2.05, 4.69) is 43.6 Å². The van der Waals surface area contributed by atoms with Crippen LogP contribution in [0.1, 0.15) is 29.4 Å². The van der Waals surface area contributed by atoms with Gasteiger partial charge < -0.3 is 5.43 Å². The van der Waals surface area contributed by atoms with Crippen molar-refractivity contribution in [3.63, 3.8) is 0 Å². The van der Waals surface area contributed by atoms with Crippen molar-refractivity contribution in [1.82, 2.24) is 9.97 Å². The van der Waals surface area contributed by atoms with E-state index >= 15 is 0 Å². The molecule has 0 bridgehead atoms. The maximum absolute atomic E-state index is 12.2. The summed E-state index contributed by atoms with van der Waals surface area (Å²) in [5.74, 6) is 5.62. The first-order valence-electron chi connectivity index (χ1n) is 6.02. The van der Waals surface area contributed by atoms with Crippen molar-refractivity contribution in [3.8, 4) is 0 Å². The molecule has 0 radical (unpaired) electrons. The number of nitrogen functional groups attached to an aromatic ring is 1. The summed E-state index contributed by atoms with van der Waals surface area (Å²) in [7, 11) is 0. The first-order chi connectivity index (χ1) is 9.62. The van der Waals surface area contributed by atoms with Crippen LogP contribution in [0.4, 0.5) is 10.9 Å². The smallest absolute Gasteiger partial charge is 0.257 e. The number of nitrogens with zero attached hydrogens (tertiary/aromatic N) is 2. The molecule has 0 aliphatic rings. The number of amides is 1. The summed E-state index contributed by atoms with van der Waals surface area (Å²) in [6.45, 7) is 2.05. The second-order valence-corrected chi connectivity index (χ2v) is 6.46. The summed E-state index contributed by atoms with van der Waals surface area (Å²) in [6.07, 6.45) is 3.38. The van der Waals surface area contributed by atoms with Gasteiger partial charge in [-0.2, -0.15) is 0 Å². The van der Waals surface area contributed by atoms with E-state index in [1.54, 1.807) is 18.3 Å². The molecule has 0 aliphatic carbocycles. The van der Waals surface area contributed by atoms with Crippen molar-refractivity contribution in [3.05, 3.63) is 33.4 Å². The number of hydrogen-bond donors (Lipinski definition) is 3. The Balaban J connectivity index is 2.21. The minimum atomic E-state index is -0.233. The highest BCUT2D eigenvalue weighted by molar-refractivity contribution is 9.11. The van der Waals surface area contributed by atoms with Gasteiger partial charge in [0.25, 0.3) is 5.91 Å². The van der Waals surface area contributed by atoms with Crippen LogP contribution < -0.4 is 16.6 Å². The number of nitrogens with two attached hydrogens (primary N) is 1. The van der Waals surface area contributed by atoms with Gasteiger partial charge in [0, 0.05) is 11.3 Å². The van der Waals surface area contributed by atoms with Crippen molar-refractivity contribution >= 4 is 44.1 Å². The molecule has 0 aromatic carbocycles. The number of thiazole rings is 1. The van der Waals surface area contributed by atoms with E-state index in [1.807, 2.05) is 0 Å². The van der Waals surface area contributed by atoms with Crippen LogP contribution in [0.5, 0.6) is 0 Å². The lowest BCUT2D eigenvalue weighted by atomic mass is 10.1. The summed E-state index contributed by atoms with van der Waals surface area (Å²) in [4.78, 5) is 20.6. The molecular weight excluding hydrogens is 342 g/mol. The topological polar surface area (TPSA) is 92.9 Å². The molecule has 0 saturated heterocycles. The molecule has 2 rings (SSSR count). The Morgan fingerprint density at radius 3 is 2.90 bits per heavy atom. The summed E-state index contributed by atoms with van der Waals surface area (Å²) < 4.78 is 0.860. The van der Waals surface area contributed by atoms with Crippen LogP contribution in [0.3, 0.4) is 0 Å². The van der Waals surface area contributed by atoms with Crippen molar-refractivity contribution in [2.75, 3.05) is 10.7 Å². The van der Waals surface area contributed by atoms with Gasteiger partial charge in [0.05, 0.1) is 9.98 Å². The van der Waals surface area contributed by atoms with Crippen LogP contribution in [0.2, 0.25) is 0 Å². The summed E-state index contributed by atoms with van der Waals surface area (Å²) >= 11 is 4.65. The lowest BCUT2D eigenvalue weighted by Crippen LogP contribution is -2.15. The number of carbonyl (C=O) groups excluding carboxylic acids is 1. The third kappa shape index (κ3) is 3.75. The quantitative estimate of drug-likeness (QED) is 0.566. The summed E-state index contributed by atoms with van der Waals surface area (Å²) in [5, 5.41) is 3.28. The lowest BCUT2D eigenvalue weighted by molar-refractivity contribution is 0.102. The van der Waals surface area contributed by atoms with Crippen molar-refractivity contribution in [2.45, 2.75) is 19.8 Å². The molecule has 2 heterocycles. The zero-order valence-electron chi connectivity index (χ0n) is 10.8. The standard InChI is InChI=1S/C12H14BrN5OS/c1-2-3-8-4-7(5-10(16-8)18-14)11(19)17-12-15-6-9(13)20-12/h4-6H,2-3,14H2,1H3,(H,16,18)(H,15,17,19). The van der Waals surface area contributed by atoms with Crippen molar-refractivity contribution in [2.24, 2.45) is 5.84 Å². The number of pyridine rings is 1. The molecule has 0 fully saturated rings. The highest BCUT2D eigenvalue weighted by Crippen LogP contribution is 2.23. The van der Waals surface area contributed by atoms with E-state index in [1.165, 1.54) is 11.3 Å². The second kappa shape index (κ2) is 6.78. The summed E-state index contributed by atoms with van der Waals surface area (Å²) in [5.41, 5.74) is 3.81.